The summed E-state index contributed by atoms with van der Waals surface area (Å²) in [5.41, 5.74) is 0.474. The molecule has 0 aliphatic rings. The molecule has 8 nitrogen and oxygen atoms in total. The minimum atomic E-state index is -0.640. The van der Waals surface area contributed by atoms with Crippen LogP contribution in [0.1, 0.15) is 62.2 Å². The van der Waals surface area contributed by atoms with Crippen molar-refractivity contribution in [3.63, 3.8) is 0 Å². The predicted octanol–water partition coefficient (Wildman–Crippen LogP) is 6.53. The van der Waals surface area contributed by atoms with E-state index in [2.05, 4.69) is 5.32 Å². The Morgan fingerprint density at radius 2 is 1.83 bits per heavy atom. The number of furan rings is 1. The van der Waals surface area contributed by atoms with Crippen molar-refractivity contribution in [1.82, 2.24) is 0 Å². The van der Waals surface area contributed by atoms with Crippen LogP contribution in [0.3, 0.4) is 0 Å². The first-order chi connectivity index (χ1) is 16.8. The van der Waals surface area contributed by atoms with Gasteiger partial charge in [0.05, 0.1) is 23.8 Å². The molecule has 0 aliphatic heterocycles. The number of nitrogens with one attached hydrogen (secondary N) is 1. The average Bonchev–Trinajstić information content (AvgIpc) is 3.43. The number of amides is 1. The summed E-state index contributed by atoms with van der Waals surface area (Å²) in [5, 5.41) is 3.43. The van der Waals surface area contributed by atoms with Gasteiger partial charge in [-0.1, -0.05) is 36.2 Å². The number of benzene rings is 1. The van der Waals surface area contributed by atoms with Gasteiger partial charge in [-0.3, -0.25) is 4.79 Å². The number of carbonyl (C=O) groups is 3. The molecule has 0 aliphatic carbocycles. The zero-order valence-corrected chi connectivity index (χ0v) is 21.6. The maximum absolute atomic E-state index is 12.9. The van der Waals surface area contributed by atoms with E-state index >= 15 is 0 Å². The zero-order valence-electron chi connectivity index (χ0n) is 19.2. The molecule has 186 valence electrons. The third-order valence-electron chi connectivity index (χ3n) is 4.65. The van der Waals surface area contributed by atoms with Gasteiger partial charge in [0.25, 0.3) is 5.91 Å². The molecule has 0 unspecified atom stereocenters. The third kappa shape index (κ3) is 6.36. The van der Waals surface area contributed by atoms with Crippen molar-refractivity contribution in [2.45, 2.75) is 33.8 Å². The lowest BCUT2D eigenvalue weighted by atomic mass is 10.1. The second-order valence-electron chi connectivity index (χ2n) is 7.18. The molecule has 3 rings (SSSR count). The molecular formula is C24H23Cl2NO7S. The molecule has 1 amide bonds. The highest BCUT2D eigenvalue weighted by molar-refractivity contribution is 7.18. The molecule has 2 heterocycles. The number of ether oxygens (including phenoxy) is 3. The van der Waals surface area contributed by atoms with Crippen LogP contribution in [0.5, 0.6) is 5.75 Å². The van der Waals surface area contributed by atoms with Crippen molar-refractivity contribution in [1.29, 1.82) is 0 Å². The molecule has 3 aromatic rings. The van der Waals surface area contributed by atoms with E-state index in [1.165, 1.54) is 6.07 Å². The highest BCUT2D eigenvalue weighted by atomic mass is 35.5. The van der Waals surface area contributed by atoms with E-state index in [0.29, 0.717) is 28.5 Å². The number of rotatable bonds is 10. The normalized spacial score (nSPS) is 10.7. The number of anilines is 1. The van der Waals surface area contributed by atoms with Crippen molar-refractivity contribution >= 4 is 57.4 Å². The molecule has 1 N–H and O–H groups in total. The van der Waals surface area contributed by atoms with Crippen LogP contribution >= 0.6 is 34.5 Å². The molecule has 11 heteroatoms. The van der Waals surface area contributed by atoms with Crippen LogP contribution in [0.15, 0.2) is 34.7 Å². The van der Waals surface area contributed by atoms with Gasteiger partial charge in [-0.05, 0) is 50.1 Å². The van der Waals surface area contributed by atoms with Gasteiger partial charge in [0.15, 0.2) is 5.76 Å². The maximum Gasteiger partial charge on any atom is 0.348 e. The molecule has 0 spiro atoms. The van der Waals surface area contributed by atoms with Crippen molar-refractivity contribution < 1.29 is 33.0 Å². The molecule has 0 saturated carbocycles. The lowest BCUT2D eigenvalue weighted by Crippen LogP contribution is -2.14. The smallest absolute Gasteiger partial charge is 0.348 e. The van der Waals surface area contributed by atoms with Crippen LogP contribution in [-0.2, 0) is 16.1 Å². The average molecular weight is 540 g/mol. The summed E-state index contributed by atoms with van der Waals surface area (Å²) in [6, 6.07) is 8.03. The SMILES string of the molecule is CCCOC(=O)c1c(NC(=O)c2ccc(COc3cccc(Cl)c3Cl)o2)sc(C(=O)OCC)c1C. The molecular weight excluding hydrogens is 517 g/mol. The van der Waals surface area contributed by atoms with Crippen LogP contribution in [0, 0.1) is 6.92 Å². The zero-order chi connectivity index (χ0) is 25.5. The Bertz CT molecular complexity index is 1230. The van der Waals surface area contributed by atoms with E-state index < -0.39 is 17.8 Å². The number of esters is 2. The maximum atomic E-state index is 12.9. The van der Waals surface area contributed by atoms with Gasteiger partial charge in [-0.2, -0.15) is 0 Å². The van der Waals surface area contributed by atoms with Gasteiger partial charge in [0.2, 0.25) is 0 Å². The second kappa shape index (κ2) is 12.1. The number of halogens is 2. The van der Waals surface area contributed by atoms with Gasteiger partial charge in [-0.25, -0.2) is 9.59 Å². The standard InChI is InChI=1S/C24H23Cl2NO7S/c1-4-11-32-23(29)18-13(3)20(24(30)31-5-2)35-22(18)27-21(28)17-10-9-14(34-17)12-33-16-8-6-7-15(25)19(16)26/h6-10H,4-5,11-12H2,1-3H3,(H,27,28). The first-order valence-electron chi connectivity index (χ1n) is 10.7. The van der Waals surface area contributed by atoms with E-state index in [1.54, 1.807) is 38.1 Å². The van der Waals surface area contributed by atoms with Gasteiger partial charge >= 0.3 is 11.9 Å². The summed E-state index contributed by atoms with van der Waals surface area (Å²) in [4.78, 5) is 38.1. The summed E-state index contributed by atoms with van der Waals surface area (Å²) in [6.45, 7) is 5.52. The van der Waals surface area contributed by atoms with Gasteiger partial charge < -0.3 is 23.9 Å². The van der Waals surface area contributed by atoms with E-state index in [4.69, 9.17) is 41.8 Å². The Morgan fingerprint density at radius 3 is 2.54 bits per heavy atom. The molecule has 0 atom stereocenters. The van der Waals surface area contributed by atoms with E-state index in [9.17, 15) is 14.4 Å². The molecule has 0 fully saturated rings. The molecule has 0 saturated heterocycles. The van der Waals surface area contributed by atoms with Crippen LogP contribution in [0.2, 0.25) is 10.0 Å². The summed E-state index contributed by atoms with van der Waals surface area (Å²) < 4.78 is 21.5. The van der Waals surface area contributed by atoms with Gasteiger partial charge in [0.1, 0.15) is 33.0 Å². The molecule has 35 heavy (non-hydrogen) atoms. The fraction of sp³-hybridized carbons (Fsp3) is 0.292. The lowest BCUT2D eigenvalue weighted by molar-refractivity contribution is 0.0506. The van der Waals surface area contributed by atoms with E-state index in [0.717, 1.165) is 11.3 Å². The Hall–Kier alpha value is -3.01. The lowest BCUT2D eigenvalue weighted by Gasteiger charge is -2.07. The number of carbonyl (C=O) groups excluding carboxylic acids is 3. The molecule has 0 radical (unpaired) electrons. The number of hydrogen-bond donors (Lipinski definition) is 1. The minimum Gasteiger partial charge on any atom is -0.484 e. The Kier molecular flexibility index (Phi) is 9.20. The van der Waals surface area contributed by atoms with Crippen molar-refractivity contribution in [2.75, 3.05) is 18.5 Å². The topological polar surface area (TPSA) is 104 Å². The monoisotopic (exact) mass is 539 g/mol. The fourth-order valence-electron chi connectivity index (χ4n) is 2.99. The Labute approximate surface area is 216 Å². The summed E-state index contributed by atoms with van der Waals surface area (Å²) in [7, 11) is 0. The third-order valence-corrected chi connectivity index (χ3v) is 6.64. The minimum absolute atomic E-state index is 0.00700. The van der Waals surface area contributed by atoms with Gasteiger partial charge in [-0.15, -0.1) is 11.3 Å². The summed E-state index contributed by atoms with van der Waals surface area (Å²) in [5.74, 6) is -1.12. The summed E-state index contributed by atoms with van der Waals surface area (Å²) in [6.07, 6.45) is 0.624. The molecule has 1 aromatic carbocycles. The largest absolute Gasteiger partial charge is 0.484 e. The highest BCUT2D eigenvalue weighted by Crippen LogP contribution is 2.35. The van der Waals surface area contributed by atoms with Crippen molar-refractivity contribution in [3.05, 3.63) is 67.9 Å². The Balaban J connectivity index is 1.78. The van der Waals surface area contributed by atoms with Crippen molar-refractivity contribution in [2.24, 2.45) is 0 Å². The number of hydrogen-bond acceptors (Lipinski definition) is 8. The number of thiophene rings is 1. The van der Waals surface area contributed by atoms with Crippen LogP contribution in [0.25, 0.3) is 0 Å². The fourth-order valence-corrected chi connectivity index (χ4v) is 4.42. The van der Waals surface area contributed by atoms with E-state index in [1.807, 2.05) is 6.92 Å². The van der Waals surface area contributed by atoms with Crippen molar-refractivity contribution in [3.8, 4) is 5.75 Å². The predicted molar refractivity (Wildman–Crippen MR) is 133 cm³/mol. The summed E-state index contributed by atoms with van der Waals surface area (Å²) >= 11 is 13.0. The van der Waals surface area contributed by atoms with Gasteiger partial charge in [0, 0.05) is 0 Å². The quantitative estimate of drug-likeness (QED) is 0.292. The second-order valence-corrected chi connectivity index (χ2v) is 8.98. The van der Waals surface area contributed by atoms with Crippen LogP contribution < -0.4 is 10.1 Å². The first-order valence-corrected chi connectivity index (χ1v) is 12.3. The Morgan fingerprint density at radius 1 is 1.06 bits per heavy atom. The van der Waals surface area contributed by atoms with E-state index in [-0.39, 0.29) is 46.0 Å². The molecule has 0 bridgehead atoms. The highest BCUT2D eigenvalue weighted by Gasteiger charge is 2.28. The van der Waals surface area contributed by atoms with Crippen LogP contribution in [0.4, 0.5) is 5.00 Å². The molecule has 2 aromatic heterocycles. The van der Waals surface area contributed by atoms with Crippen LogP contribution in [-0.4, -0.2) is 31.1 Å². The first kappa shape index (κ1) is 26.6.